The van der Waals surface area contributed by atoms with Crippen LogP contribution >= 0.6 is 23.5 Å². The molecule has 0 amide bonds. The third-order valence-corrected chi connectivity index (χ3v) is 10.4. The Labute approximate surface area is 206 Å². The van der Waals surface area contributed by atoms with Crippen LogP contribution in [-0.2, 0) is 38.7 Å². The first-order chi connectivity index (χ1) is 16.1. The second-order valence-corrected chi connectivity index (χ2v) is 13.2. The summed E-state index contributed by atoms with van der Waals surface area (Å²) in [5.41, 5.74) is 0. The normalized spacial score (nSPS) is 12.7. The Morgan fingerprint density at radius 2 is 1.09 bits per heavy atom. The average molecular weight is 541 g/mol. The van der Waals surface area contributed by atoms with E-state index in [2.05, 4.69) is 13.2 Å². The fourth-order valence-electron chi connectivity index (χ4n) is 2.79. The van der Waals surface area contributed by atoms with Crippen molar-refractivity contribution in [2.24, 2.45) is 0 Å². The number of carbonyl (C=O) groups excluding carboxylic acids is 2. The number of hydrogen-bond acceptors (Lipinski definition) is 10. The number of esters is 2. The van der Waals surface area contributed by atoms with E-state index < -0.39 is 31.6 Å². The van der Waals surface area contributed by atoms with Gasteiger partial charge < -0.3 is 9.47 Å². The predicted octanol–water partition coefficient (Wildman–Crippen LogP) is 3.31. The van der Waals surface area contributed by atoms with Crippen LogP contribution in [0.1, 0.15) is 0 Å². The van der Waals surface area contributed by atoms with Gasteiger partial charge in [0.1, 0.15) is 13.2 Å². The summed E-state index contributed by atoms with van der Waals surface area (Å²) < 4.78 is 59.9. The molecule has 0 spiro atoms. The van der Waals surface area contributed by atoms with Gasteiger partial charge in [0.15, 0.2) is 19.7 Å². The van der Waals surface area contributed by atoms with E-state index in [4.69, 9.17) is 9.47 Å². The van der Waals surface area contributed by atoms with E-state index in [1.807, 2.05) is 0 Å². The minimum Gasteiger partial charge on any atom is -0.461 e. The highest BCUT2D eigenvalue weighted by Crippen LogP contribution is 2.49. The minimum absolute atomic E-state index is 0.103. The number of rotatable bonds is 10. The van der Waals surface area contributed by atoms with Crippen molar-refractivity contribution < 1.29 is 35.9 Å². The summed E-state index contributed by atoms with van der Waals surface area (Å²) in [7, 11) is -7.35. The molecule has 1 aliphatic rings. The minimum atomic E-state index is -3.67. The van der Waals surface area contributed by atoms with Crippen LogP contribution in [-0.4, -0.2) is 53.5 Å². The molecule has 2 aromatic rings. The Bertz CT molecular complexity index is 1260. The number of hydrogen-bond donors (Lipinski definition) is 0. The van der Waals surface area contributed by atoms with E-state index in [-0.39, 0.29) is 34.5 Å². The predicted molar refractivity (Wildman–Crippen MR) is 128 cm³/mol. The molecule has 0 fully saturated rings. The fraction of sp³-hybridized carbons (Fsp3) is 0.182. The number of benzene rings is 2. The molecule has 0 atom stereocenters. The van der Waals surface area contributed by atoms with Crippen molar-refractivity contribution >= 4 is 55.1 Å². The number of carbonyl (C=O) groups is 2. The molecule has 0 aliphatic carbocycles. The zero-order valence-electron chi connectivity index (χ0n) is 17.8. The zero-order chi connectivity index (χ0) is 24.9. The first kappa shape index (κ1) is 26.1. The van der Waals surface area contributed by atoms with Crippen molar-refractivity contribution in [2.75, 3.05) is 24.7 Å². The van der Waals surface area contributed by atoms with Gasteiger partial charge in [-0.05, 0) is 36.4 Å². The second-order valence-electron chi connectivity index (χ2n) is 6.80. The third kappa shape index (κ3) is 6.32. The Hall–Kier alpha value is -2.54. The number of fused-ring (bicyclic) bond motifs is 2. The SMILES string of the molecule is C=CC(=O)OCCS(=O)(=O)c1ccc2c(c1)Sc1ccc(S(=O)(=O)CCOC(=O)C=C)cc1S2. The highest BCUT2D eigenvalue weighted by Gasteiger charge is 2.24. The highest BCUT2D eigenvalue weighted by molar-refractivity contribution is 8.05. The monoisotopic (exact) mass is 540 g/mol. The first-order valence-electron chi connectivity index (χ1n) is 9.73. The van der Waals surface area contributed by atoms with Crippen LogP contribution in [0.25, 0.3) is 0 Å². The van der Waals surface area contributed by atoms with Crippen LogP contribution in [0.15, 0.2) is 91.1 Å². The Kier molecular flexibility index (Phi) is 8.29. The van der Waals surface area contributed by atoms with E-state index >= 15 is 0 Å². The summed E-state index contributed by atoms with van der Waals surface area (Å²) in [5.74, 6) is -2.10. The van der Waals surface area contributed by atoms with Gasteiger partial charge in [-0.2, -0.15) is 0 Å². The summed E-state index contributed by atoms with van der Waals surface area (Å²) in [6.07, 6.45) is 1.93. The van der Waals surface area contributed by atoms with Crippen LogP contribution < -0.4 is 0 Å². The van der Waals surface area contributed by atoms with Gasteiger partial charge in [0.2, 0.25) is 0 Å². The Morgan fingerprint density at radius 1 is 0.706 bits per heavy atom. The van der Waals surface area contributed by atoms with Crippen LogP contribution in [0.3, 0.4) is 0 Å². The van der Waals surface area contributed by atoms with Gasteiger partial charge >= 0.3 is 11.9 Å². The maximum absolute atomic E-state index is 12.6. The molecule has 1 heterocycles. The smallest absolute Gasteiger partial charge is 0.330 e. The maximum Gasteiger partial charge on any atom is 0.330 e. The fourth-order valence-corrected chi connectivity index (χ4v) is 7.43. The summed E-state index contributed by atoms with van der Waals surface area (Å²) >= 11 is 2.66. The molecule has 2 aromatic carbocycles. The maximum atomic E-state index is 12.6. The Morgan fingerprint density at radius 3 is 1.44 bits per heavy atom. The van der Waals surface area contributed by atoms with Crippen molar-refractivity contribution in [1.82, 2.24) is 0 Å². The molecule has 1 aliphatic heterocycles. The van der Waals surface area contributed by atoms with E-state index in [0.29, 0.717) is 9.79 Å². The van der Waals surface area contributed by atoms with Gasteiger partial charge in [0.25, 0.3) is 0 Å². The van der Waals surface area contributed by atoms with Crippen LogP contribution in [0.5, 0.6) is 0 Å². The Balaban J connectivity index is 1.74. The molecular weight excluding hydrogens is 521 g/mol. The van der Waals surface area contributed by atoms with Gasteiger partial charge in [0, 0.05) is 31.7 Å². The van der Waals surface area contributed by atoms with Crippen molar-refractivity contribution in [3.05, 3.63) is 61.7 Å². The van der Waals surface area contributed by atoms with E-state index in [1.165, 1.54) is 35.7 Å². The third-order valence-electron chi connectivity index (χ3n) is 4.51. The largest absolute Gasteiger partial charge is 0.461 e. The molecule has 0 unspecified atom stereocenters. The van der Waals surface area contributed by atoms with E-state index in [9.17, 15) is 26.4 Å². The highest BCUT2D eigenvalue weighted by atomic mass is 32.2. The number of ether oxygens (including phenoxy) is 2. The van der Waals surface area contributed by atoms with Crippen molar-refractivity contribution in [3.63, 3.8) is 0 Å². The summed E-state index contributed by atoms with van der Waals surface area (Å²) in [6.45, 7) is 5.96. The van der Waals surface area contributed by atoms with Gasteiger partial charge in [-0.3, -0.25) is 0 Å². The molecule has 0 aromatic heterocycles. The van der Waals surface area contributed by atoms with Crippen LogP contribution in [0, 0.1) is 0 Å². The molecule has 180 valence electrons. The van der Waals surface area contributed by atoms with Gasteiger partial charge in [-0.25, -0.2) is 26.4 Å². The summed E-state index contributed by atoms with van der Waals surface area (Å²) in [5, 5.41) is 0. The molecule has 0 radical (unpaired) electrons. The van der Waals surface area contributed by atoms with Gasteiger partial charge in [-0.15, -0.1) is 0 Å². The lowest BCUT2D eigenvalue weighted by Crippen LogP contribution is -2.15. The molecule has 8 nitrogen and oxygen atoms in total. The van der Waals surface area contributed by atoms with Crippen LogP contribution in [0.2, 0.25) is 0 Å². The lowest BCUT2D eigenvalue weighted by atomic mass is 10.3. The lowest BCUT2D eigenvalue weighted by molar-refractivity contribution is -0.138. The molecular formula is C22H20O8S4. The molecule has 0 saturated heterocycles. The lowest BCUT2D eigenvalue weighted by Gasteiger charge is -2.20. The van der Waals surface area contributed by atoms with E-state index in [0.717, 1.165) is 21.9 Å². The molecule has 0 bridgehead atoms. The molecule has 3 rings (SSSR count). The van der Waals surface area contributed by atoms with Crippen molar-refractivity contribution in [3.8, 4) is 0 Å². The molecule has 0 N–H and O–H groups in total. The quantitative estimate of drug-likeness (QED) is 0.280. The van der Waals surface area contributed by atoms with Gasteiger partial charge in [-0.1, -0.05) is 36.7 Å². The standard InChI is InChI=1S/C22H20O8S4/c1-3-21(23)29-9-11-33(25,26)15-5-7-17-19(13-15)31-18-8-6-16(14-20(18)32-17)34(27,28)12-10-30-22(24)4-2/h3-8,13-14H,1-2,9-12H2. The molecule has 12 heteroatoms. The number of sulfone groups is 2. The van der Waals surface area contributed by atoms with Crippen molar-refractivity contribution in [1.29, 1.82) is 0 Å². The second kappa shape index (κ2) is 10.8. The summed E-state index contributed by atoms with van der Waals surface area (Å²) in [4.78, 5) is 25.4. The van der Waals surface area contributed by atoms with Gasteiger partial charge in [0.05, 0.1) is 21.3 Å². The topological polar surface area (TPSA) is 121 Å². The first-order valence-corrected chi connectivity index (χ1v) is 14.7. The molecule has 0 saturated carbocycles. The zero-order valence-corrected chi connectivity index (χ0v) is 21.0. The molecule has 34 heavy (non-hydrogen) atoms. The van der Waals surface area contributed by atoms with Crippen molar-refractivity contribution in [2.45, 2.75) is 29.4 Å². The van der Waals surface area contributed by atoms with Crippen LogP contribution in [0.4, 0.5) is 0 Å². The van der Waals surface area contributed by atoms with E-state index in [1.54, 1.807) is 24.3 Å². The summed E-state index contributed by atoms with van der Waals surface area (Å²) in [6, 6.07) is 9.37. The average Bonchev–Trinajstić information content (AvgIpc) is 2.81.